The average molecular weight is 1540 g/mol. The lowest BCUT2D eigenvalue weighted by Crippen LogP contribution is -2.67. The summed E-state index contributed by atoms with van der Waals surface area (Å²) >= 11 is 0. The van der Waals surface area contributed by atoms with E-state index in [0.29, 0.717) is 12.3 Å². The van der Waals surface area contributed by atoms with Crippen LogP contribution in [-0.4, -0.2) is 215 Å². The molecule has 13 atom stereocenters. The molecule has 8 N–H and O–H groups in total. The maximum atomic E-state index is 16.7. The van der Waals surface area contributed by atoms with E-state index in [-0.39, 0.29) is 63.5 Å². The lowest BCUT2D eigenvalue weighted by atomic mass is 9.93. The average Bonchev–Trinajstić information content (AvgIpc) is 1.57. The zero-order chi connectivity index (χ0) is 78.8. The molecular weight excluding hydrogens is 1400 g/mol. The molecular formula is C72H143BN8O15Si6. The molecule has 3 aliphatic rings. The van der Waals surface area contributed by atoms with Crippen molar-refractivity contribution < 1.29 is 69.8 Å². The first-order chi connectivity index (χ1) is 45.9. The quantitative estimate of drug-likeness (QED) is 0.00860. The van der Waals surface area contributed by atoms with Gasteiger partial charge >= 0.3 is 7.05 Å². The van der Waals surface area contributed by atoms with Crippen molar-refractivity contribution in [2.24, 2.45) is 11.8 Å². The van der Waals surface area contributed by atoms with Gasteiger partial charge in [-0.05, 0) is 153 Å². The van der Waals surface area contributed by atoms with Gasteiger partial charge in [0, 0.05) is 40.2 Å². The number of carbonyl (C=O) groups is 5. The Labute approximate surface area is 623 Å². The van der Waals surface area contributed by atoms with E-state index in [1.165, 1.54) is 19.1 Å². The maximum absolute atomic E-state index is 16.7. The van der Waals surface area contributed by atoms with Gasteiger partial charge in [0.1, 0.15) is 36.1 Å². The first-order valence-electron chi connectivity index (χ1n) is 37.2. The number of carbonyl (C=O) groups excluding carboxylic acids is 5. The van der Waals surface area contributed by atoms with Gasteiger partial charge in [-0.3, -0.25) is 34.3 Å². The fourth-order valence-electron chi connectivity index (χ4n) is 11.3. The number of hydrogen-bond donors (Lipinski definition) is 7. The highest BCUT2D eigenvalue weighted by Gasteiger charge is 2.56. The van der Waals surface area contributed by atoms with Crippen molar-refractivity contribution in [3.8, 4) is 5.75 Å². The Bertz CT molecular complexity index is 2960. The third-order valence-electron chi connectivity index (χ3n) is 24.3. The van der Waals surface area contributed by atoms with Crippen molar-refractivity contribution in [2.75, 3.05) is 33.8 Å². The fourth-order valence-corrected chi connectivity index (χ4v) is 19.3. The molecule has 3 saturated heterocycles. The first kappa shape index (κ1) is 91.6. The summed E-state index contributed by atoms with van der Waals surface area (Å²) in [6.45, 7) is 69.8. The van der Waals surface area contributed by atoms with Crippen LogP contribution in [0.4, 0.5) is 0 Å². The SMILES string of the molecule is COC(CC(NB1CO1)C(=O)N[C@H](C(=O)N1C[C@H](O[Si](C)(C)C(C)(C)C)C[C@H]1C(=O)N[C@H](C(=O)N[C@@H](C(C)O[Si](C)(C)C(C)(C)C)C(O)N1C[C@H](C)[C@H](O[Si](C)(C)C(C)(C)C)[C@H]1C(=O)NN)[C@@H](Cc1ccc(O[Si](C)(C)C(C)(C)C)cc1)O[Si](C)(C)C(C)(C)C)C(C)O[Si](C)(C)C(C)(C)C)OC. The van der Waals surface area contributed by atoms with E-state index in [1.807, 2.05) is 38.1 Å². The second kappa shape index (κ2) is 34.0. The molecule has 0 radical (unpaired) electrons. The van der Waals surface area contributed by atoms with Crippen LogP contribution in [0.2, 0.25) is 109 Å². The molecule has 0 aromatic heterocycles. The molecule has 588 valence electrons. The van der Waals surface area contributed by atoms with E-state index in [1.54, 1.807) is 11.8 Å². The molecule has 0 spiro atoms. The van der Waals surface area contributed by atoms with E-state index in [9.17, 15) is 9.90 Å². The number of aliphatic hydroxyl groups is 1. The fraction of sp³-hybridized carbons (Fsp3) is 0.847. The first-order valence-corrected chi connectivity index (χ1v) is 54.6. The van der Waals surface area contributed by atoms with Gasteiger partial charge in [-0.2, -0.15) is 0 Å². The van der Waals surface area contributed by atoms with E-state index in [4.69, 9.17) is 46.5 Å². The van der Waals surface area contributed by atoms with Gasteiger partial charge in [-0.1, -0.05) is 144 Å². The highest BCUT2D eigenvalue weighted by atomic mass is 28.4. The van der Waals surface area contributed by atoms with Crippen LogP contribution in [0.15, 0.2) is 24.3 Å². The Morgan fingerprint density at radius 3 is 1.52 bits per heavy atom. The number of nitrogens with two attached hydrogens (primary N) is 1. The van der Waals surface area contributed by atoms with Gasteiger partial charge in [0.2, 0.25) is 31.9 Å². The molecule has 4 unspecified atom stereocenters. The van der Waals surface area contributed by atoms with Crippen LogP contribution in [-0.2, 0) is 66.7 Å². The number of hydrazine groups is 1. The Morgan fingerprint density at radius 2 is 1.07 bits per heavy atom. The van der Waals surface area contributed by atoms with E-state index in [2.05, 4.69) is 230 Å². The summed E-state index contributed by atoms with van der Waals surface area (Å²) in [4.78, 5) is 82.2. The minimum Gasteiger partial charge on any atom is -0.544 e. The number of methoxy groups -OCH3 is 2. The number of amides is 5. The second-order valence-corrected chi connectivity index (χ2v) is 67.1. The lowest BCUT2D eigenvalue weighted by Gasteiger charge is -2.45. The van der Waals surface area contributed by atoms with Crippen molar-refractivity contribution >= 4 is 86.5 Å². The second-order valence-electron chi connectivity index (χ2n) is 38.6. The van der Waals surface area contributed by atoms with Crippen LogP contribution < -0.4 is 36.9 Å². The largest absolute Gasteiger partial charge is 0.544 e. The minimum atomic E-state index is -2.96. The predicted molar refractivity (Wildman–Crippen MR) is 425 cm³/mol. The van der Waals surface area contributed by atoms with Crippen molar-refractivity contribution in [3.63, 3.8) is 0 Å². The highest BCUT2D eigenvalue weighted by Crippen LogP contribution is 2.45. The zero-order valence-electron chi connectivity index (χ0n) is 69.8. The molecule has 3 fully saturated rings. The molecule has 3 heterocycles. The molecule has 0 saturated carbocycles. The molecule has 3 aliphatic heterocycles. The van der Waals surface area contributed by atoms with Gasteiger partial charge in [-0.15, -0.1) is 0 Å². The standard InChI is InChI=1S/C72H143BN8O15Si6/c1-46-43-81(59(64(85)79-74)60(46)96-102(34,35)72(19,20)21)66(87)57(48(3)92-98(26,27)68(7,8)9)76-63(84)58(54(95-101(32,33)71(16,17)18)40-49-36-38-50(39-37-49)93-99(28,29)69(10,11)12)77-62(83)53-41-51(94-100(30,31)70(13,14)15)44-80(53)65(86)56(47(2)91-97(24,25)67(4,5)6)75-61(82)52(78-73-45-90-73)42-55(88-22)89-23/h36-39,46-48,51-60,66,78,87H,40-45,74H2,1-35H3,(H,75,82)(H,76,84)(H,77,83)(H,79,85)/t46-,47?,48?,51+,52?,53-,54+,56-,57-,58-,59-,60-,66?/m0/s1. The van der Waals surface area contributed by atoms with Gasteiger partial charge in [-0.25, -0.2) is 5.84 Å². The Balaban J connectivity index is 2.11. The van der Waals surface area contributed by atoms with Crippen LogP contribution in [0.5, 0.6) is 5.75 Å². The topological polar surface area (TPSA) is 285 Å². The van der Waals surface area contributed by atoms with Crippen molar-refractivity contribution in [3.05, 3.63) is 29.8 Å². The van der Waals surface area contributed by atoms with Crippen LogP contribution >= 0.6 is 0 Å². The van der Waals surface area contributed by atoms with Gasteiger partial charge in [0.05, 0.1) is 49.1 Å². The molecule has 0 aliphatic carbocycles. The van der Waals surface area contributed by atoms with Crippen molar-refractivity contribution in [1.29, 1.82) is 0 Å². The monoisotopic (exact) mass is 1540 g/mol. The molecule has 0 bridgehead atoms. The van der Waals surface area contributed by atoms with Crippen LogP contribution in [0.3, 0.4) is 0 Å². The van der Waals surface area contributed by atoms with Crippen LogP contribution in [0, 0.1) is 5.92 Å². The van der Waals surface area contributed by atoms with Gasteiger partial charge in [0.25, 0.3) is 5.91 Å². The van der Waals surface area contributed by atoms with E-state index >= 15 is 19.2 Å². The number of likely N-dealkylation sites (tertiary alicyclic amines) is 2. The summed E-state index contributed by atoms with van der Waals surface area (Å²) in [5.74, 6) is 3.39. The molecule has 30 heteroatoms. The Kier molecular flexibility index (Phi) is 30.6. The normalized spacial score (nSPS) is 22.2. The summed E-state index contributed by atoms with van der Waals surface area (Å²) in [7, 11) is -13.3. The molecule has 102 heavy (non-hydrogen) atoms. The van der Waals surface area contributed by atoms with E-state index in [0.717, 1.165) is 5.56 Å². The zero-order valence-corrected chi connectivity index (χ0v) is 75.8. The Morgan fingerprint density at radius 1 is 0.608 bits per heavy atom. The van der Waals surface area contributed by atoms with Crippen LogP contribution in [0.25, 0.3) is 0 Å². The van der Waals surface area contributed by atoms with E-state index < -0.39 is 171 Å². The van der Waals surface area contributed by atoms with Gasteiger partial charge < -0.3 is 71.9 Å². The number of nitrogens with zero attached hydrogens (tertiary/aromatic N) is 2. The molecule has 5 amide bonds. The molecule has 23 nitrogen and oxygen atoms in total. The number of hydrogen-bond acceptors (Lipinski definition) is 18. The van der Waals surface area contributed by atoms with Crippen molar-refractivity contribution in [1.82, 2.24) is 36.4 Å². The number of ether oxygens (including phenoxy) is 2. The lowest BCUT2D eigenvalue weighted by molar-refractivity contribution is -0.146. The highest BCUT2D eigenvalue weighted by molar-refractivity contribution is 6.76. The van der Waals surface area contributed by atoms with Crippen LogP contribution in [0.1, 0.15) is 164 Å². The number of benzene rings is 1. The summed E-state index contributed by atoms with van der Waals surface area (Å²) < 4.78 is 59.6. The minimum absolute atomic E-state index is 0.0289. The third-order valence-corrected chi connectivity index (χ3v) is 51.3. The number of aliphatic hydroxyl groups excluding tert-OH is 1. The molecule has 1 aromatic carbocycles. The van der Waals surface area contributed by atoms with Crippen molar-refractivity contribution in [2.45, 2.75) is 353 Å². The van der Waals surface area contributed by atoms with Gasteiger partial charge in [0.15, 0.2) is 47.9 Å². The number of nitrogens with one attached hydrogen (secondary N) is 5. The smallest absolute Gasteiger partial charge is 0.405 e. The summed E-state index contributed by atoms with van der Waals surface area (Å²) in [5, 5.41) is 24.7. The molecule has 4 rings (SSSR count). The summed E-state index contributed by atoms with van der Waals surface area (Å²) in [5.41, 5.74) is 3.16. The number of rotatable bonds is 33. The predicted octanol–water partition coefficient (Wildman–Crippen LogP) is 11.3. The third kappa shape index (κ3) is 23.4. The summed E-state index contributed by atoms with van der Waals surface area (Å²) in [6, 6.07) is 0.303. The molecule has 1 aromatic rings. The summed E-state index contributed by atoms with van der Waals surface area (Å²) in [6.07, 6.45) is -6.48. The Hall–Kier alpha value is -2.74. The maximum Gasteiger partial charge on any atom is 0.405 e.